The fourth-order valence-corrected chi connectivity index (χ4v) is 2.80. The molecular weight excluding hydrogens is 279 g/mol. The van der Waals surface area contributed by atoms with Gasteiger partial charge in [-0.05, 0) is 35.1 Å². The van der Waals surface area contributed by atoms with Crippen LogP contribution in [0.1, 0.15) is 50.7 Å². The molecule has 0 amide bonds. The Labute approximate surface area is 129 Å². The van der Waals surface area contributed by atoms with E-state index in [1.54, 1.807) is 0 Å². The molecule has 0 aliphatic heterocycles. The lowest BCUT2D eigenvalue weighted by molar-refractivity contribution is 0.504. The van der Waals surface area contributed by atoms with Crippen LogP contribution in [0, 0.1) is 0 Å². The molecule has 3 heteroatoms. The van der Waals surface area contributed by atoms with Crippen molar-refractivity contribution in [1.29, 1.82) is 0 Å². The van der Waals surface area contributed by atoms with Gasteiger partial charge in [0.15, 0.2) is 0 Å². The minimum atomic E-state index is -0.0347. The lowest BCUT2D eigenvalue weighted by Gasteiger charge is -2.15. The van der Waals surface area contributed by atoms with E-state index in [4.69, 9.17) is 9.05 Å². The summed E-state index contributed by atoms with van der Waals surface area (Å²) in [6.07, 6.45) is 0. The molecule has 0 saturated carbocycles. The highest BCUT2D eigenvalue weighted by Gasteiger charge is 2.09. The SMILES string of the molecule is CC(C)c1ccccc1OPOc1ccccc1C(C)C. The topological polar surface area (TPSA) is 18.5 Å². The van der Waals surface area contributed by atoms with E-state index in [0.29, 0.717) is 11.8 Å². The van der Waals surface area contributed by atoms with Gasteiger partial charge in [-0.15, -0.1) is 0 Å². The summed E-state index contributed by atoms with van der Waals surface area (Å²) in [6.45, 7) is 8.67. The number of hydrogen-bond donors (Lipinski definition) is 0. The number of rotatable bonds is 6. The third-order valence-electron chi connectivity index (χ3n) is 3.39. The van der Waals surface area contributed by atoms with E-state index in [0.717, 1.165) is 11.5 Å². The van der Waals surface area contributed by atoms with Crippen LogP contribution in [0.4, 0.5) is 0 Å². The molecule has 21 heavy (non-hydrogen) atoms. The minimum Gasteiger partial charge on any atom is -0.440 e. The maximum absolute atomic E-state index is 5.84. The van der Waals surface area contributed by atoms with Crippen molar-refractivity contribution >= 4 is 9.03 Å². The summed E-state index contributed by atoms with van der Waals surface area (Å²) in [7, 11) is -0.0347. The summed E-state index contributed by atoms with van der Waals surface area (Å²) in [5, 5.41) is 0. The predicted octanol–water partition coefficient (Wildman–Crippen LogP) is 5.90. The van der Waals surface area contributed by atoms with Crippen molar-refractivity contribution in [3.8, 4) is 11.5 Å². The Hall–Kier alpha value is -1.53. The molecule has 0 aliphatic carbocycles. The monoisotopic (exact) mass is 302 g/mol. The molecular formula is C18H23O2P. The molecule has 0 N–H and O–H groups in total. The van der Waals surface area contributed by atoms with Crippen LogP contribution < -0.4 is 9.05 Å². The Morgan fingerprint density at radius 2 is 1.05 bits per heavy atom. The zero-order chi connectivity index (χ0) is 15.2. The molecule has 0 spiro atoms. The van der Waals surface area contributed by atoms with Crippen LogP contribution in [0.15, 0.2) is 48.5 Å². The van der Waals surface area contributed by atoms with Crippen LogP contribution in [-0.2, 0) is 0 Å². The minimum absolute atomic E-state index is 0.0347. The Bertz CT molecular complexity index is 527. The maximum atomic E-state index is 5.84. The van der Waals surface area contributed by atoms with Gasteiger partial charge in [0, 0.05) is 0 Å². The van der Waals surface area contributed by atoms with Gasteiger partial charge in [0.25, 0.3) is 9.03 Å². The molecule has 0 saturated heterocycles. The molecule has 2 rings (SSSR count). The van der Waals surface area contributed by atoms with E-state index in [2.05, 4.69) is 39.8 Å². The average molecular weight is 302 g/mol. The lowest BCUT2D eigenvalue weighted by Crippen LogP contribution is -1.95. The number of para-hydroxylation sites is 2. The van der Waals surface area contributed by atoms with E-state index in [-0.39, 0.29) is 9.03 Å². The first-order valence-corrected chi connectivity index (χ1v) is 8.17. The van der Waals surface area contributed by atoms with Crippen molar-refractivity contribution in [2.24, 2.45) is 0 Å². The summed E-state index contributed by atoms with van der Waals surface area (Å²) in [5.41, 5.74) is 2.43. The van der Waals surface area contributed by atoms with Crippen molar-refractivity contribution in [2.45, 2.75) is 39.5 Å². The van der Waals surface area contributed by atoms with Crippen molar-refractivity contribution in [3.05, 3.63) is 59.7 Å². The third kappa shape index (κ3) is 4.22. The van der Waals surface area contributed by atoms with Crippen molar-refractivity contribution in [1.82, 2.24) is 0 Å². The number of hydrogen-bond acceptors (Lipinski definition) is 2. The summed E-state index contributed by atoms with van der Waals surface area (Å²) in [6, 6.07) is 16.3. The van der Waals surface area contributed by atoms with Crippen molar-refractivity contribution < 1.29 is 9.05 Å². The van der Waals surface area contributed by atoms with Gasteiger partial charge in [-0.25, -0.2) is 0 Å². The first-order chi connectivity index (χ1) is 10.1. The molecule has 0 fully saturated rings. The van der Waals surface area contributed by atoms with Gasteiger partial charge in [-0.2, -0.15) is 0 Å². The van der Waals surface area contributed by atoms with E-state index in [1.165, 1.54) is 11.1 Å². The van der Waals surface area contributed by atoms with Crippen LogP contribution in [0.3, 0.4) is 0 Å². The second-order valence-electron chi connectivity index (χ2n) is 5.67. The van der Waals surface area contributed by atoms with Gasteiger partial charge >= 0.3 is 0 Å². The van der Waals surface area contributed by atoms with E-state index in [9.17, 15) is 0 Å². The highest BCUT2D eigenvalue weighted by atomic mass is 31.1. The predicted molar refractivity (Wildman–Crippen MR) is 90.6 cm³/mol. The molecule has 0 heterocycles. The van der Waals surface area contributed by atoms with E-state index >= 15 is 0 Å². The molecule has 112 valence electrons. The summed E-state index contributed by atoms with van der Waals surface area (Å²) < 4.78 is 11.7. The van der Waals surface area contributed by atoms with Crippen LogP contribution in [-0.4, -0.2) is 0 Å². The van der Waals surface area contributed by atoms with Gasteiger partial charge in [-0.3, -0.25) is 0 Å². The average Bonchev–Trinajstić information content (AvgIpc) is 2.48. The Morgan fingerprint density at radius 1 is 0.667 bits per heavy atom. The zero-order valence-electron chi connectivity index (χ0n) is 13.1. The first kappa shape index (κ1) is 15.9. The van der Waals surface area contributed by atoms with Gasteiger partial charge in [-0.1, -0.05) is 64.1 Å². The van der Waals surface area contributed by atoms with Gasteiger partial charge in [0.2, 0.25) is 0 Å². The van der Waals surface area contributed by atoms with Gasteiger partial charge in [0.05, 0.1) is 0 Å². The smallest absolute Gasteiger partial charge is 0.275 e. The molecule has 0 radical (unpaired) electrons. The largest absolute Gasteiger partial charge is 0.440 e. The van der Waals surface area contributed by atoms with Crippen molar-refractivity contribution in [3.63, 3.8) is 0 Å². The lowest BCUT2D eigenvalue weighted by atomic mass is 10.0. The molecule has 0 aliphatic rings. The second-order valence-corrected chi connectivity index (χ2v) is 6.25. The molecule has 0 bridgehead atoms. The van der Waals surface area contributed by atoms with Crippen molar-refractivity contribution in [2.75, 3.05) is 0 Å². The van der Waals surface area contributed by atoms with Crippen LogP contribution in [0.25, 0.3) is 0 Å². The molecule has 2 aromatic carbocycles. The Morgan fingerprint density at radius 3 is 1.43 bits per heavy atom. The fraction of sp³-hybridized carbons (Fsp3) is 0.333. The molecule has 0 atom stereocenters. The standard InChI is InChI=1S/C18H23O2P/c1-13(2)15-9-5-7-11-17(15)19-21-20-18-12-8-6-10-16(18)14(3)4/h5-14,21H,1-4H3. The second kappa shape index (κ2) is 7.47. The molecule has 0 unspecified atom stereocenters. The normalized spacial score (nSPS) is 11.0. The molecule has 2 aromatic rings. The summed E-state index contributed by atoms with van der Waals surface area (Å²) >= 11 is 0. The highest BCUT2D eigenvalue weighted by Crippen LogP contribution is 2.34. The fourth-order valence-electron chi connectivity index (χ4n) is 2.21. The Kier molecular flexibility index (Phi) is 5.64. The highest BCUT2D eigenvalue weighted by molar-refractivity contribution is 7.27. The number of benzene rings is 2. The zero-order valence-corrected chi connectivity index (χ0v) is 14.1. The van der Waals surface area contributed by atoms with Gasteiger partial charge < -0.3 is 9.05 Å². The van der Waals surface area contributed by atoms with Gasteiger partial charge in [0.1, 0.15) is 11.5 Å². The molecule has 2 nitrogen and oxygen atoms in total. The van der Waals surface area contributed by atoms with Crippen LogP contribution >= 0.6 is 9.03 Å². The Balaban J connectivity index is 2.03. The quantitative estimate of drug-likeness (QED) is 0.618. The first-order valence-electron chi connectivity index (χ1n) is 7.36. The molecule has 0 aromatic heterocycles. The maximum Gasteiger partial charge on any atom is 0.275 e. The van der Waals surface area contributed by atoms with Crippen LogP contribution in [0.2, 0.25) is 0 Å². The third-order valence-corrected chi connectivity index (χ3v) is 3.99. The van der Waals surface area contributed by atoms with Crippen LogP contribution in [0.5, 0.6) is 11.5 Å². The van der Waals surface area contributed by atoms with E-state index in [1.807, 2.05) is 36.4 Å². The van der Waals surface area contributed by atoms with E-state index < -0.39 is 0 Å². The summed E-state index contributed by atoms with van der Waals surface area (Å²) in [5.74, 6) is 2.70. The summed E-state index contributed by atoms with van der Waals surface area (Å²) in [4.78, 5) is 0.